The van der Waals surface area contributed by atoms with Crippen molar-refractivity contribution in [1.82, 2.24) is 19.9 Å². The smallest absolute Gasteiger partial charge is 0.382 e. The molecule has 0 saturated carbocycles. The van der Waals surface area contributed by atoms with Gasteiger partial charge in [0, 0.05) is 0 Å². The Kier molecular flexibility index (Phi) is 2.45. The van der Waals surface area contributed by atoms with Crippen molar-refractivity contribution in [2.24, 2.45) is 0 Å². The third-order valence-corrected chi connectivity index (χ3v) is 2.01. The summed E-state index contributed by atoms with van der Waals surface area (Å²) in [7, 11) is 0. The average Bonchev–Trinajstić information content (AvgIpc) is 2.60. The molecule has 0 aliphatic rings. The van der Waals surface area contributed by atoms with E-state index < -0.39 is 18.4 Å². The highest BCUT2D eigenvalue weighted by Gasteiger charge is 2.38. The van der Waals surface area contributed by atoms with E-state index in [-0.39, 0.29) is 22.8 Å². The van der Waals surface area contributed by atoms with Crippen molar-refractivity contribution in [1.29, 1.82) is 0 Å². The molecule has 9 heteroatoms. The summed E-state index contributed by atoms with van der Waals surface area (Å²) in [5.41, 5.74) is 5.80. The summed E-state index contributed by atoms with van der Waals surface area (Å²) in [5, 5.41) is 0. The van der Waals surface area contributed by atoms with Crippen LogP contribution in [0.1, 0.15) is 5.82 Å². The third kappa shape index (κ3) is 2.17. The number of nitrogen functional groups attached to an aromatic ring is 1. The number of imidazole rings is 1. The first-order valence-electron chi connectivity index (χ1n) is 4.43. The second kappa shape index (κ2) is 3.68. The van der Waals surface area contributed by atoms with Crippen LogP contribution in [0, 0.1) is 0 Å². The first-order chi connectivity index (χ1) is 7.88. The largest absolute Gasteiger partial charge is 0.450 e. The fraction of sp³-hybridized carbons (Fsp3) is 0.250. The summed E-state index contributed by atoms with van der Waals surface area (Å²) in [6, 6.07) is 0. The minimum atomic E-state index is -4.88. The van der Waals surface area contributed by atoms with Crippen LogP contribution in [0.25, 0.3) is 11.2 Å². The van der Waals surface area contributed by atoms with E-state index in [1.807, 2.05) is 0 Å². The van der Waals surface area contributed by atoms with Gasteiger partial charge in [-0.15, -0.1) is 0 Å². The first-order valence-corrected chi connectivity index (χ1v) is 4.43. The Morgan fingerprint density at radius 1 is 1.41 bits per heavy atom. The number of anilines is 1. The van der Waals surface area contributed by atoms with Crippen LogP contribution < -0.4 is 5.73 Å². The molecule has 0 fully saturated rings. The molecule has 0 spiro atoms. The van der Waals surface area contributed by atoms with Gasteiger partial charge in [-0.05, 0) is 0 Å². The lowest BCUT2D eigenvalue weighted by Crippen LogP contribution is -2.25. The molecule has 0 aliphatic carbocycles. The number of H-pyrrole nitrogens is 1. The number of fused-ring (bicyclic) bond motifs is 1. The molecule has 2 rings (SSSR count). The van der Waals surface area contributed by atoms with Crippen molar-refractivity contribution < 1.29 is 18.0 Å². The minimum absolute atomic E-state index is 0.0632. The maximum Gasteiger partial charge on any atom is 0.450 e. The van der Waals surface area contributed by atoms with Gasteiger partial charge in [-0.2, -0.15) is 13.2 Å². The Labute approximate surface area is 92.1 Å². The highest BCUT2D eigenvalue weighted by molar-refractivity contribution is 5.87. The Balaban J connectivity index is 2.32. The van der Waals surface area contributed by atoms with Crippen LogP contribution >= 0.6 is 0 Å². The zero-order valence-corrected chi connectivity index (χ0v) is 8.25. The van der Waals surface area contributed by atoms with Crippen LogP contribution in [-0.4, -0.2) is 31.9 Å². The molecule has 3 N–H and O–H groups in total. The van der Waals surface area contributed by atoms with Crippen molar-refractivity contribution in [2.45, 2.75) is 12.6 Å². The van der Waals surface area contributed by atoms with Gasteiger partial charge in [0.25, 0.3) is 0 Å². The predicted molar refractivity (Wildman–Crippen MR) is 50.9 cm³/mol. The number of aromatic nitrogens is 4. The van der Waals surface area contributed by atoms with Gasteiger partial charge in [-0.1, -0.05) is 0 Å². The number of rotatable bonds is 2. The van der Waals surface area contributed by atoms with Crippen LogP contribution in [0.5, 0.6) is 0 Å². The Morgan fingerprint density at radius 3 is 2.71 bits per heavy atom. The SMILES string of the molecule is Nc1ncnc2nc(CC(=O)C(F)(F)F)[nH]c12. The van der Waals surface area contributed by atoms with Crippen LogP contribution in [-0.2, 0) is 11.2 Å². The molecule has 0 radical (unpaired) electrons. The van der Waals surface area contributed by atoms with Crippen molar-refractivity contribution in [3.8, 4) is 0 Å². The molecule has 17 heavy (non-hydrogen) atoms. The maximum absolute atomic E-state index is 12.0. The molecule has 0 aromatic carbocycles. The second-order valence-corrected chi connectivity index (χ2v) is 3.24. The number of Topliss-reactive ketones (excluding diaryl/α,β-unsaturated/α-hetero) is 1. The maximum atomic E-state index is 12.0. The van der Waals surface area contributed by atoms with Gasteiger partial charge >= 0.3 is 6.18 Å². The summed E-state index contributed by atoms with van der Waals surface area (Å²) in [5.74, 6) is -1.97. The van der Waals surface area contributed by atoms with Gasteiger partial charge < -0.3 is 10.7 Å². The Bertz CT molecular complexity index is 576. The number of carbonyl (C=O) groups is 1. The number of alkyl halides is 3. The number of hydrogen-bond donors (Lipinski definition) is 2. The highest BCUT2D eigenvalue weighted by Crippen LogP contribution is 2.19. The highest BCUT2D eigenvalue weighted by atomic mass is 19.4. The van der Waals surface area contributed by atoms with E-state index in [0.717, 1.165) is 6.33 Å². The van der Waals surface area contributed by atoms with Crippen LogP contribution in [0.2, 0.25) is 0 Å². The van der Waals surface area contributed by atoms with E-state index in [1.54, 1.807) is 0 Å². The van der Waals surface area contributed by atoms with Gasteiger partial charge in [-0.25, -0.2) is 15.0 Å². The molecule has 2 aromatic rings. The van der Waals surface area contributed by atoms with Crippen LogP contribution in [0.4, 0.5) is 19.0 Å². The van der Waals surface area contributed by atoms with E-state index in [1.165, 1.54) is 0 Å². The zero-order valence-electron chi connectivity index (χ0n) is 8.25. The summed E-state index contributed by atoms with van der Waals surface area (Å²) in [4.78, 5) is 24.3. The lowest BCUT2D eigenvalue weighted by molar-refractivity contribution is -0.170. The fourth-order valence-corrected chi connectivity index (χ4v) is 1.23. The molecule has 0 aliphatic heterocycles. The summed E-state index contributed by atoms with van der Waals surface area (Å²) >= 11 is 0. The predicted octanol–water partition coefficient (Wildman–Crippen LogP) is 0.609. The number of nitrogens with two attached hydrogens (primary N) is 1. The Morgan fingerprint density at radius 2 is 2.12 bits per heavy atom. The second-order valence-electron chi connectivity index (χ2n) is 3.24. The van der Waals surface area contributed by atoms with E-state index in [2.05, 4.69) is 19.9 Å². The minimum Gasteiger partial charge on any atom is -0.382 e. The molecule has 6 nitrogen and oxygen atoms in total. The molecule has 0 saturated heterocycles. The van der Waals surface area contributed by atoms with Crippen LogP contribution in [0.3, 0.4) is 0 Å². The van der Waals surface area contributed by atoms with Crippen LogP contribution in [0.15, 0.2) is 6.33 Å². The number of halogens is 3. The van der Waals surface area contributed by atoms with Crippen molar-refractivity contribution in [2.75, 3.05) is 5.73 Å². The molecule has 0 bridgehead atoms. The van der Waals surface area contributed by atoms with E-state index in [4.69, 9.17) is 5.73 Å². The van der Waals surface area contributed by atoms with E-state index >= 15 is 0 Å². The van der Waals surface area contributed by atoms with Crippen molar-refractivity contribution >= 4 is 22.8 Å². The Hall–Kier alpha value is -2.19. The average molecular weight is 245 g/mol. The first kappa shape index (κ1) is 11.3. The van der Waals surface area contributed by atoms with Gasteiger partial charge in [0.15, 0.2) is 11.5 Å². The topological polar surface area (TPSA) is 97.5 Å². The standard InChI is InChI=1S/C8H6F3N5O/c9-8(10,11)3(17)1-4-15-5-6(12)13-2-14-7(5)16-4/h2H,1H2,(H3,12,13,14,15,16). The fourth-order valence-electron chi connectivity index (χ4n) is 1.23. The van der Waals surface area contributed by atoms with Gasteiger partial charge in [0.05, 0.1) is 6.42 Å². The number of nitrogens with zero attached hydrogens (tertiary/aromatic N) is 3. The van der Waals surface area contributed by atoms with Gasteiger partial charge in [-0.3, -0.25) is 4.79 Å². The summed E-state index contributed by atoms with van der Waals surface area (Å²) in [6.45, 7) is 0. The lowest BCUT2D eigenvalue weighted by atomic mass is 10.3. The summed E-state index contributed by atoms with van der Waals surface area (Å²) in [6.07, 6.45) is -4.62. The summed E-state index contributed by atoms with van der Waals surface area (Å²) < 4.78 is 36.1. The number of aromatic amines is 1. The third-order valence-electron chi connectivity index (χ3n) is 2.01. The molecule has 2 heterocycles. The molecule has 0 amide bonds. The normalized spacial score (nSPS) is 11.9. The number of carbonyl (C=O) groups excluding carboxylic acids is 1. The quantitative estimate of drug-likeness (QED) is 0.807. The van der Waals surface area contributed by atoms with Crippen molar-refractivity contribution in [3.05, 3.63) is 12.2 Å². The molecular weight excluding hydrogens is 239 g/mol. The number of nitrogens with one attached hydrogen (secondary N) is 1. The van der Waals surface area contributed by atoms with Crippen molar-refractivity contribution in [3.63, 3.8) is 0 Å². The molecule has 90 valence electrons. The van der Waals surface area contributed by atoms with E-state index in [9.17, 15) is 18.0 Å². The number of hydrogen-bond acceptors (Lipinski definition) is 5. The molecule has 0 atom stereocenters. The number of ketones is 1. The molecule has 2 aromatic heterocycles. The van der Waals surface area contributed by atoms with E-state index in [0.29, 0.717) is 0 Å². The molecule has 0 unspecified atom stereocenters. The monoisotopic (exact) mass is 245 g/mol. The zero-order chi connectivity index (χ0) is 12.6. The van der Waals surface area contributed by atoms with Gasteiger partial charge in [0.1, 0.15) is 17.7 Å². The lowest BCUT2D eigenvalue weighted by Gasteiger charge is -2.01. The van der Waals surface area contributed by atoms with Gasteiger partial charge in [0.2, 0.25) is 5.78 Å². The molecular formula is C8H6F3N5O.